The lowest BCUT2D eigenvalue weighted by atomic mass is 10.2. The molecule has 9 heteroatoms. The number of benzene rings is 1. The van der Waals surface area contributed by atoms with Crippen LogP contribution in [-0.4, -0.2) is 17.0 Å². The normalized spacial score (nSPS) is 10.8. The van der Waals surface area contributed by atoms with E-state index in [2.05, 4.69) is 26.5 Å². The van der Waals surface area contributed by atoms with Crippen molar-refractivity contribution in [2.75, 3.05) is 0 Å². The molecular weight excluding hydrogens is 457 g/mol. The first kappa shape index (κ1) is 15.6. The fourth-order valence-corrected chi connectivity index (χ4v) is 2.18. The molecule has 1 aromatic carbocycles. The van der Waals surface area contributed by atoms with Crippen molar-refractivity contribution in [1.29, 1.82) is 0 Å². The molecule has 1 N–H and O–H groups in total. The van der Waals surface area contributed by atoms with Crippen molar-refractivity contribution in [1.82, 2.24) is 5.43 Å². The summed E-state index contributed by atoms with van der Waals surface area (Å²) in [4.78, 5) is 22.1. The van der Waals surface area contributed by atoms with Gasteiger partial charge in [0.25, 0.3) is 11.6 Å². The SMILES string of the molecule is O=C(N/N=C/c1cc(Br)c(I)o1)c1ccccc1[N+](=O)[O-]. The number of rotatable bonds is 4. The highest BCUT2D eigenvalue weighted by Crippen LogP contribution is 2.22. The summed E-state index contributed by atoms with van der Waals surface area (Å²) in [6, 6.07) is 7.32. The van der Waals surface area contributed by atoms with Crippen LogP contribution in [0.4, 0.5) is 5.69 Å². The van der Waals surface area contributed by atoms with Gasteiger partial charge in [-0.25, -0.2) is 5.43 Å². The second-order valence-electron chi connectivity index (χ2n) is 3.74. The Hall–Kier alpha value is -1.75. The highest BCUT2D eigenvalue weighted by Gasteiger charge is 2.18. The van der Waals surface area contributed by atoms with Crippen molar-refractivity contribution >= 4 is 56.3 Å². The molecule has 0 spiro atoms. The quantitative estimate of drug-likeness (QED) is 0.325. The van der Waals surface area contributed by atoms with Gasteiger partial charge >= 0.3 is 0 Å². The molecule has 0 saturated carbocycles. The first-order valence-electron chi connectivity index (χ1n) is 5.50. The van der Waals surface area contributed by atoms with Gasteiger partial charge in [0.15, 0.2) is 3.77 Å². The van der Waals surface area contributed by atoms with Gasteiger partial charge in [-0.15, -0.1) is 0 Å². The molecule has 2 rings (SSSR count). The molecule has 0 saturated heterocycles. The summed E-state index contributed by atoms with van der Waals surface area (Å²) < 4.78 is 6.72. The van der Waals surface area contributed by atoms with E-state index in [0.29, 0.717) is 9.53 Å². The first-order chi connectivity index (χ1) is 9.99. The number of nitrogens with zero attached hydrogens (tertiary/aromatic N) is 2. The van der Waals surface area contributed by atoms with Crippen LogP contribution in [0.25, 0.3) is 0 Å². The number of nitrogens with one attached hydrogen (secondary N) is 1. The molecule has 1 aromatic heterocycles. The predicted molar refractivity (Wildman–Crippen MR) is 87.3 cm³/mol. The number of nitro groups is 1. The highest BCUT2D eigenvalue weighted by atomic mass is 127. The maximum absolute atomic E-state index is 11.9. The fourth-order valence-electron chi connectivity index (χ4n) is 1.47. The van der Waals surface area contributed by atoms with E-state index >= 15 is 0 Å². The van der Waals surface area contributed by atoms with Gasteiger partial charge in [0.05, 0.1) is 15.6 Å². The van der Waals surface area contributed by atoms with Crippen LogP contribution in [0.1, 0.15) is 16.1 Å². The van der Waals surface area contributed by atoms with Crippen LogP contribution in [-0.2, 0) is 0 Å². The number of carbonyl (C=O) groups is 1. The maximum Gasteiger partial charge on any atom is 0.282 e. The fraction of sp³-hybridized carbons (Fsp3) is 0. The van der Waals surface area contributed by atoms with Crippen molar-refractivity contribution in [3.8, 4) is 0 Å². The van der Waals surface area contributed by atoms with Crippen LogP contribution >= 0.6 is 38.5 Å². The molecule has 0 aliphatic carbocycles. The second kappa shape index (κ2) is 6.80. The topological polar surface area (TPSA) is 97.7 Å². The van der Waals surface area contributed by atoms with E-state index in [1.54, 1.807) is 6.07 Å². The second-order valence-corrected chi connectivity index (χ2v) is 5.58. The number of halogens is 2. The van der Waals surface area contributed by atoms with Crippen LogP contribution < -0.4 is 5.43 Å². The number of carbonyl (C=O) groups excluding carboxylic acids is 1. The Bertz CT molecular complexity index is 710. The molecule has 108 valence electrons. The third kappa shape index (κ3) is 3.88. The first-order valence-corrected chi connectivity index (χ1v) is 7.38. The summed E-state index contributed by atoms with van der Waals surface area (Å²) in [6.45, 7) is 0. The molecule has 1 heterocycles. The molecule has 0 radical (unpaired) electrons. The van der Waals surface area contributed by atoms with Gasteiger partial charge in [-0.2, -0.15) is 5.10 Å². The number of nitro benzene ring substituents is 1. The lowest BCUT2D eigenvalue weighted by Crippen LogP contribution is -2.18. The van der Waals surface area contributed by atoms with E-state index in [0.717, 1.165) is 4.47 Å². The predicted octanol–water partition coefficient (Wildman–Crippen LogP) is 3.32. The molecule has 21 heavy (non-hydrogen) atoms. The number of hydrogen-bond acceptors (Lipinski definition) is 5. The molecule has 0 fully saturated rings. The number of hydrazone groups is 1. The third-order valence-electron chi connectivity index (χ3n) is 2.37. The Morgan fingerprint density at radius 3 is 2.81 bits per heavy atom. The number of amides is 1. The number of para-hydroxylation sites is 1. The Morgan fingerprint density at radius 1 is 1.48 bits per heavy atom. The summed E-state index contributed by atoms with van der Waals surface area (Å²) in [5.41, 5.74) is 1.88. The Kier molecular flexibility index (Phi) is 5.07. The van der Waals surface area contributed by atoms with Crippen LogP contribution in [0, 0.1) is 13.9 Å². The van der Waals surface area contributed by atoms with Gasteiger partial charge in [-0.3, -0.25) is 14.9 Å². The summed E-state index contributed by atoms with van der Waals surface area (Å²) in [6.07, 6.45) is 1.31. The number of hydrogen-bond donors (Lipinski definition) is 1. The Labute approximate surface area is 140 Å². The lowest BCUT2D eigenvalue weighted by Gasteiger charge is -2.00. The standard InChI is InChI=1S/C12H7BrIN3O4/c13-9-5-7(21-11(9)14)6-15-16-12(18)8-3-1-2-4-10(8)17(19)20/h1-6H,(H,16,18)/b15-6+. The van der Waals surface area contributed by atoms with Crippen molar-refractivity contribution in [2.45, 2.75) is 0 Å². The van der Waals surface area contributed by atoms with Gasteiger partial charge in [-0.1, -0.05) is 12.1 Å². The van der Waals surface area contributed by atoms with Crippen LogP contribution in [0.15, 0.2) is 44.3 Å². The van der Waals surface area contributed by atoms with E-state index in [1.165, 1.54) is 30.5 Å². The van der Waals surface area contributed by atoms with E-state index in [9.17, 15) is 14.9 Å². The maximum atomic E-state index is 11.9. The molecule has 0 atom stereocenters. The Balaban J connectivity index is 2.10. The van der Waals surface area contributed by atoms with E-state index in [1.807, 2.05) is 22.6 Å². The van der Waals surface area contributed by atoms with Gasteiger partial charge in [0, 0.05) is 34.7 Å². The minimum Gasteiger partial charge on any atom is -0.448 e. The average molecular weight is 464 g/mol. The van der Waals surface area contributed by atoms with Crippen LogP contribution in [0.5, 0.6) is 0 Å². The zero-order valence-electron chi connectivity index (χ0n) is 10.2. The van der Waals surface area contributed by atoms with Crippen LogP contribution in [0.2, 0.25) is 0 Å². The molecule has 0 aliphatic rings. The largest absolute Gasteiger partial charge is 0.448 e. The van der Waals surface area contributed by atoms with Crippen molar-refractivity contribution in [2.24, 2.45) is 5.10 Å². The molecule has 0 bridgehead atoms. The van der Waals surface area contributed by atoms with Crippen molar-refractivity contribution < 1.29 is 14.1 Å². The molecular formula is C12H7BrIN3O4. The van der Waals surface area contributed by atoms with Gasteiger partial charge in [0.1, 0.15) is 11.3 Å². The van der Waals surface area contributed by atoms with Gasteiger partial charge in [0.2, 0.25) is 0 Å². The third-order valence-corrected chi connectivity index (χ3v) is 4.50. The summed E-state index contributed by atoms with van der Waals surface area (Å²) in [7, 11) is 0. The van der Waals surface area contributed by atoms with Gasteiger partial charge < -0.3 is 4.42 Å². The minimum atomic E-state index is -0.668. The van der Waals surface area contributed by atoms with Crippen LogP contribution in [0.3, 0.4) is 0 Å². The van der Waals surface area contributed by atoms with Crippen molar-refractivity contribution in [3.63, 3.8) is 0 Å². The smallest absolute Gasteiger partial charge is 0.282 e. The molecule has 2 aromatic rings. The van der Waals surface area contributed by atoms with E-state index < -0.39 is 10.8 Å². The van der Waals surface area contributed by atoms with E-state index in [-0.39, 0.29) is 11.3 Å². The minimum absolute atomic E-state index is 0.0603. The number of furan rings is 1. The monoisotopic (exact) mass is 463 g/mol. The summed E-state index contributed by atoms with van der Waals surface area (Å²) in [5.74, 6) is -0.229. The molecule has 7 nitrogen and oxygen atoms in total. The average Bonchev–Trinajstić information content (AvgIpc) is 2.77. The van der Waals surface area contributed by atoms with Crippen molar-refractivity contribution in [3.05, 3.63) is 60.0 Å². The Morgan fingerprint density at radius 2 is 2.19 bits per heavy atom. The van der Waals surface area contributed by atoms with Gasteiger partial charge in [-0.05, 0) is 22.0 Å². The highest BCUT2D eigenvalue weighted by molar-refractivity contribution is 14.1. The molecule has 0 unspecified atom stereocenters. The lowest BCUT2D eigenvalue weighted by molar-refractivity contribution is -0.385. The zero-order valence-corrected chi connectivity index (χ0v) is 14.0. The summed E-state index contributed by atoms with van der Waals surface area (Å²) in [5, 5.41) is 14.5. The zero-order chi connectivity index (χ0) is 15.4. The molecule has 1 amide bonds. The van der Waals surface area contributed by atoms with E-state index in [4.69, 9.17) is 4.42 Å². The molecule has 0 aliphatic heterocycles. The summed E-state index contributed by atoms with van der Waals surface area (Å²) >= 11 is 5.27.